The van der Waals surface area contributed by atoms with Gasteiger partial charge in [0.1, 0.15) is 12.6 Å². The standard InChI is InChI=1S/C17H15N3O2S/c21-17(12-3-7-22-9-12)20-5-1-14-15(2-6-20)18-11-19-16(14)13-4-8-23-10-13/h3-4,7-11H,1-2,5-6H2. The highest BCUT2D eigenvalue weighted by Crippen LogP contribution is 2.27. The summed E-state index contributed by atoms with van der Waals surface area (Å²) in [7, 11) is 0. The van der Waals surface area contributed by atoms with Crippen molar-refractivity contribution in [1.29, 1.82) is 0 Å². The van der Waals surface area contributed by atoms with Crippen LogP contribution in [-0.2, 0) is 12.8 Å². The molecule has 0 aromatic carbocycles. The normalized spacial score (nSPS) is 14.3. The first-order chi connectivity index (χ1) is 11.3. The van der Waals surface area contributed by atoms with Crippen LogP contribution in [0.15, 0.2) is 46.2 Å². The summed E-state index contributed by atoms with van der Waals surface area (Å²) in [6.45, 7) is 1.33. The van der Waals surface area contributed by atoms with E-state index in [1.807, 2.05) is 4.90 Å². The molecule has 4 rings (SSSR count). The van der Waals surface area contributed by atoms with Crippen LogP contribution >= 0.6 is 11.3 Å². The van der Waals surface area contributed by atoms with Gasteiger partial charge in [-0.1, -0.05) is 0 Å². The van der Waals surface area contributed by atoms with Gasteiger partial charge < -0.3 is 9.32 Å². The number of carbonyl (C=O) groups is 1. The quantitative estimate of drug-likeness (QED) is 0.726. The Morgan fingerprint density at radius 2 is 2.13 bits per heavy atom. The van der Waals surface area contributed by atoms with E-state index in [2.05, 4.69) is 26.8 Å². The van der Waals surface area contributed by atoms with Gasteiger partial charge in [-0.25, -0.2) is 9.97 Å². The lowest BCUT2D eigenvalue weighted by Crippen LogP contribution is -2.33. The van der Waals surface area contributed by atoms with Crippen molar-refractivity contribution in [1.82, 2.24) is 14.9 Å². The molecule has 0 spiro atoms. The third-order valence-corrected chi connectivity index (χ3v) is 4.82. The largest absolute Gasteiger partial charge is 0.472 e. The lowest BCUT2D eigenvalue weighted by molar-refractivity contribution is 0.0762. The van der Waals surface area contributed by atoms with Crippen molar-refractivity contribution in [3.05, 3.63) is 58.6 Å². The number of carbonyl (C=O) groups excluding carboxylic acids is 1. The molecule has 4 heterocycles. The van der Waals surface area contributed by atoms with Crippen LogP contribution in [-0.4, -0.2) is 33.9 Å². The fourth-order valence-corrected chi connectivity index (χ4v) is 3.59. The van der Waals surface area contributed by atoms with E-state index < -0.39 is 0 Å². The van der Waals surface area contributed by atoms with Crippen molar-refractivity contribution in [2.75, 3.05) is 13.1 Å². The zero-order chi connectivity index (χ0) is 15.6. The third kappa shape index (κ3) is 2.66. The van der Waals surface area contributed by atoms with Gasteiger partial charge in [0.15, 0.2) is 0 Å². The number of hydrogen-bond donors (Lipinski definition) is 0. The van der Waals surface area contributed by atoms with Gasteiger partial charge in [0, 0.05) is 41.7 Å². The molecule has 6 heteroatoms. The van der Waals surface area contributed by atoms with Crippen molar-refractivity contribution in [3.8, 4) is 11.3 Å². The fourth-order valence-electron chi connectivity index (χ4n) is 2.95. The third-order valence-electron chi connectivity index (χ3n) is 4.13. The number of hydrogen-bond acceptors (Lipinski definition) is 5. The molecule has 0 fully saturated rings. The minimum atomic E-state index is 0.0107. The maximum atomic E-state index is 12.5. The Bertz CT molecular complexity index is 812. The molecule has 5 nitrogen and oxygen atoms in total. The molecule has 23 heavy (non-hydrogen) atoms. The second-order valence-corrected chi connectivity index (χ2v) is 6.24. The molecule has 1 amide bonds. The van der Waals surface area contributed by atoms with Gasteiger partial charge in [0.2, 0.25) is 0 Å². The molecule has 1 aliphatic heterocycles. The van der Waals surface area contributed by atoms with E-state index in [4.69, 9.17) is 4.42 Å². The van der Waals surface area contributed by atoms with Crippen LogP contribution in [0.2, 0.25) is 0 Å². The van der Waals surface area contributed by atoms with Gasteiger partial charge >= 0.3 is 0 Å². The smallest absolute Gasteiger partial charge is 0.257 e. The first-order valence-electron chi connectivity index (χ1n) is 7.50. The number of fused-ring (bicyclic) bond motifs is 1. The van der Waals surface area contributed by atoms with Gasteiger partial charge in [0.05, 0.1) is 17.5 Å². The molecule has 0 bridgehead atoms. The highest BCUT2D eigenvalue weighted by molar-refractivity contribution is 7.08. The maximum Gasteiger partial charge on any atom is 0.257 e. The van der Waals surface area contributed by atoms with Crippen LogP contribution in [0.4, 0.5) is 0 Å². The lowest BCUT2D eigenvalue weighted by atomic mass is 10.0. The Labute approximate surface area is 137 Å². The molecule has 0 unspecified atom stereocenters. The monoisotopic (exact) mass is 325 g/mol. The number of nitrogens with zero attached hydrogens (tertiary/aromatic N) is 3. The van der Waals surface area contributed by atoms with E-state index in [0.29, 0.717) is 18.7 Å². The molecule has 0 N–H and O–H groups in total. The van der Waals surface area contributed by atoms with Crippen molar-refractivity contribution in [2.24, 2.45) is 0 Å². The van der Waals surface area contributed by atoms with Gasteiger partial charge in [-0.3, -0.25) is 4.79 Å². The Balaban J connectivity index is 1.62. The van der Waals surface area contributed by atoms with Gasteiger partial charge in [-0.05, 0) is 23.9 Å². The summed E-state index contributed by atoms with van der Waals surface area (Å²) in [6, 6.07) is 3.78. The number of aromatic nitrogens is 2. The summed E-state index contributed by atoms with van der Waals surface area (Å²) in [5.41, 5.74) is 4.93. The van der Waals surface area contributed by atoms with Crippen molar-refractivity contribution in [2.45, 2.75) is 12.8 Å². The highest BCUT2D eigenvalue weighted by Gasteiger charge is 2.23. The summed E-state index contributed by atoms with van der Waals surface area (Å²) in [5, 5.41) is 4.15. The Morgan fingerprint density at radius 1 is 1.22 bits per heavy atom. The predicted octanol–water partition coefficient (Wildman–Crippen LogP) is 3.04. The van der Waals surface area contributed by atoms with E-state index in [-0.39, 0.29) is 5.91 Å². The zero-order valence-electron chi connectivity index (χ0n) is 12.4. The van der Waals surface area contributed by atoms with Crippen molar-refractivity contribution in [3.63, 3.8) is 0 Å². The summed E-state index contributed by atoms with van der Waals surface area (Å²) >= 11 is 1.66. The minimum absolute atomic E-state index is 0.0107. The molecule has 0 atom stereocenters. The molecule has 116 valence electrons. The van der Waals surface area contributed by atoms with Crippen molar-refractivity contribution < 1.29 is 9.21 Å². The lowest BCUT2D eigenvalue weighted by Gasteiger charge is -2.19. The number of amides is 1. The average molecular weight is 325 g/mol. The average Bonchev–Trinajstić information content (AvgIpc) is 3.24. The first-order valence-corrected chi connectivity index (χ1v) is 8.44. The molecular formula is C17H15N3O2S. The summed E-state index contributed by atoms with van der Waals surface area (Å²) in [6.07, 6.45) is 6.17. The Morgan fingerprint density at radius 3 is 2.91 bits per heavy atom. The predicted molar refractivity (Wildman–Crippen MR) is 87.4 cm³/mol. The first kappa shape index (κ1) is 14.1. The fraction of sp³-hybridized carbons (Fsp3) is 0.235. The molecule has 0 radical (unpaired) electrons. The van der Waals surface area contributed by atoms with Gasteiger partial charge in [-0.15, -0.1) is 0 Å². The minimum Gasteiger partial charge on any atom is -0.472 e. The highest BCUT2D eigenvalue weighted by atomic mass is 32.1. The van der Waals surface area contributed by atoms with Gasteiger partial charge in [0.25, 0.3) is 5.91 Å². The number of thiophene rings is 1. The molecular weight excluding hydrogens is 310 g/mol. The Kier molecular flexibility index (Phi) is 3.67. The molecule has 1 aliphatic rings. The SMILES string of the molecule is O=C(c1ccoc1)N1CCc2ncnc(-c3ccsc3)c2CC1. The van der Waals surface area contributed by atoms with Crippen LogP contribution < -0.4 is 0 Å². The van der Waals surface area contributed by atoms with E-state index in [0.717, 1.165) is 35.4 Å². The molecule has 0 saturated carbocycles. The van der Waals surface area contributed by atoms with Crippen LogP contribution in [0.5, 0.6) is 0 Å². The second kappa shape index (κ2) is 5.96. The summed E-state index contributed by atoms with van der Waals surface area (Å²) in [4.78, 5) is 23.3. The molecule has 0 aliphatic carbocycles. The van der Waals surface area contributed by atoms with E-state index >= 15 is 0 Å². The van der Waals surface area contributed by atoms with Crippen LogP contribution in [0.25, 0.3) is 11.3 Å². The van der Waals surface area contributed by atoms with E-state index in [9.17, 15) is 4.79 Å². The molecule has 3 aromatic heterocycles. The van der Waals surface area contributed by atoms with Crippen molar-refractivity contribution >= 4 is 17.2 Å². The molecule has 3 aromatic rings. The van der Waals surface area contributed by atoms with Crippen LogP contribution in [0.3, 0.4) is 0 Å². The zero-order valence-corrected chi connectivity index (χ0v) is 13.3. The maximum absolute atomic E-state index is 12.5. The second-order valence-electron chi connectivity index (χ2n) is 5.46. The van der Waals surface area contributed by atoms with Crippen LogP contribution in [0, 0.1) is 0 Å². The van der Waals surface area contributed by atoms with E-state index in [1.165, 1.54) is 12.5 Å². The topological polar surface area (TPSA) is 59.2 Å². The van der Waals surface area contributed by atoms with Crippen LogP contribution in [0.1, 0.15) is 21.6 Å². The summed E-state index contributed by atoms with van der Waals surface area (Å²) < 4.78 is 5.02. The van der Waals surface area contributed by atoms with E-state index in [1.54, 1.807) is 23.7 Å². The molecule has 0 saturated heterocycles. The van der Waals surface area contributed by atoms with Gasteiger partial charge in [-0.2, -0.15) is 11.3 Å². The number of rotatable bonds is 2. The summed E-state index contributed by atoms with van der Waals surface area (Å²) in [5.74, 6) is 0.0107. The Hall–Kier alpha value is -2.47. The number of furan rings is 1.